The van der Waals surface area contributed by atoms with Gasteiger partial charge in [-0.3, -0.25) is 0 Å². The summed E-state index contributed by atoms with van der Waals surface area (Å²) in [7, 11) is 0. The maximum Gasteiger partial charge on any atom is 0.159 e. The van der Waals surface area contributed by atoms with Crippen LogP contribution in [0.4, 0.5) is 62.6 Å². The fourth-order valence-corrected chi connectivity index (χ4v) is 11.1. The van der Waals surface area contributed by atoms with Crippen LogP contribution in [0.2, 0.25) is 0 Å². The number of hydrogen-bond donors (Lipinski definition) is 0. The molecule has 11 aromatic carbocycles. The number of allylic oxidation sites excluding steroid dienone is 2. The van der Waals surface area contributed by atoms with Gasteiger partial charge in [0.25, 0.3) is 0 Å². The van der Waals surface area contributed by atoms with Gasteiger partial charge in [-0.1, -0.05) is 195 Å². The van der Waals surface area contributed by atoms with Crippen LogP contribution in [0.15, 0.2) is 314 Å². The Hall–Kier alpha value is -10.1. The van der Waals surface area contributed by atoms with Crippen molar-refractivity contribution in [2.75, 3.05) is 19.6 Å². The maximum atomic E-state index is 7.31. The molecule has 78 heavy (non-hydrogen) atoms. The Bertz CT molecular complexity index is 3930. The highest BCUT2D eigenvalue weighted by atomic mass is 16.3. The molecular weight excluding hydrogens is 949 g/mol. The predicted molar refractivity (Wildman–Crippen MR) is 328 cm³/mol. The number of para-hydroxylation sites is 7. The molecule has 1 aromatic heterocycles. The molecule has 0 aliphatic heterocycles. The van der Waals surface area contributed by atoms with Gasteiger partial charge < -0.3 is 24.0 Å². The Morgan fingerprint density at radius 2 is 0.577 bits per heavy atom. The lowest BCUT2D eigenvalue weighted by molar-refractivity contribution is 0.604. The van der Waals surface area contributed by atoms with E-state index in [0.29, 0.717) is 0 Å². The van der Waals surface area contributed by atoms with Crippen LogP contribution in [0.3, 0.4) is 0 Å². The number of nitrogens with zero attached hydrogens (tertiary/aromatic N) is 4. The van der Waals surface area contributed by atoms with E-state index in [-0.39, 0.29) is 12.0 Å². The van der Waals surface area contributed by atoms with Crippen LogP contribution in [0.1, 0.15) is 6.92 Å². The molecule has 13 rings (SSSR count). The van der Waals surface area contributed by atoms with Crippen LogP contribution in [0.25, 0.3) is 44.2 Å². The Morgan fingerprint density at radius 3 is 0.962 bits per heavy atom. The highest BCUT2D eigenvalue weighted by Gasteiger charge is 2.28. The molecule has 1 aliphatic carbocycles. The molecule has 0 fully saturated rings. The molecule has 5 heteroatoms. The molecule has 1 aliphatic rings. The number of hydrogen-bond acceptors (Lipinski definition) is 5. The van der Waals surface area contributed by atoms with Crippen LogP contribution in [-0.2, 0) is 0 Å². The lowest BCUT2D eigenvalue weighted by Gasteiger charge is -2.36. The van der Waals surface area contributed by atoms with Gasteiger partial charge >= 0.3 is 0 Å². The number of rotatable bonds is 14. The minimum Gasteiger partial charge on any atom is -0.452 e. The van der Waals surface area contributed by atoms with Crippen molar-refractivity contribution in [1.29, 1.82) is 0 Å². The zero-order valence-electron chi connectivity index (χ0n) is 43.3. The van der Waals surface area contributed by atoms with Crippen molar-refractivity contribution in [3.63, 3.8) is 0 Å². The van der Waals surface area contributed by atoms with Crippen molar-refractivity contribution >= 4 is 84.5 Å². The molecule has 12 aromatic rings. The van der Waals surface area contributed by atoms with Crippen molar-refractivity contribution in [2.45, 2.75) is 13.0 Å². The van der Waals surface area contributed by atoms with E-state index in [0.717, 1.165) is 107 Å². The molecule has 1 heterocycles. The molecule has 0 N–H and O–H groups in total. The van der Waals surface area contributed by atoms with Crippen LogP contribution >= 0.6 is 0 Å². The maximum absolute atomic E-state index is 7.31. The minimum atomic E-state index is 0.0440. The first-order chi connectivity index (χ1) is 38.6. The minimum absolute atomic E-state index is 0.0440. The molecule has 0 bridgehead atoms. The van der Waals surface area contributed by atoms with E-state index in [1.54, 1.807) is 0 Å². The van der Waals surface area contributed by atoms with Crippen molar-refractivity contribution in [3.8, 4) is 22.3 Å². The van der Waals surface area contributed by atoms with Gasteiger partial charge in [0.2, 0.25) is 0 Å². The van der Waals surface area contributed by atoms with Gasteiger partial charge in [0.15, 0.2) is 11.2 Å². The summed E-state index contributed by atoms with van der Waals surface area (Å²) in [5.74, 6) is 0.238. The van der Waals surface area contributed by atoms with Crippen molar-refractivity contribution in [3.05, 3.63) is 309 Å². The first-order valence-corrected chi connectivity index (χ1v) is 26.8. The van der Waals surface area contributed by atoms with Gasteiger partial charge in [-0.05, 0) is 149 Å². The monoisotopic (exact) mass is 1000 g/mol. The van der Waals surface area contributed by atoms with E-state index in [9.17, 15) is 0 Å². The standard InChI is InChI=1S/C73H56N4O/c1-53-21-17-18-34-69(53)77(66-51-43-57(44-52-66)55-39-47-64(48-40-55)75(60-26-11-4-12-27-60)61-28-13-5-14-29-61)71-36-20-33-68-67-32-19-35-70(72(67)78-73(68)71)76(62-30-15-6-16-31-62)65-49-41-56(42-50-65)54-37-45-63(46-38-54)74(58-22-7-2-8-23-58)59-24-9-3-10-25-59/h2-53,69H,1H3. The summed E-state index contributed by atoms with van der Waals surface area (Å²) < 4.78 is 7.31. The molecule has 0 saturated heterocycles. The topological polar surface area (TPSA) is 26.1 Å². The second-order valence-corrected chi connectivity index (χ2v) is 19.8. The summed E-state index contributed by atoms with van der Waals surface area (Å²) in [4.78, 5) is 9.36. The van der Waals surface area contributed by atoms with Crippen molar-refractivity contribution < 1.29 is 4.42 Å². The molecule has 0 spiro atoms. The fourth-order valence-electron chi connectivity index (χ4n) is 11.1. The Kier molecular flexibility index (Phi) is 13.0. The predicted octanol–water partition coefficient (Wildman–Crippen LogP) is 20.6. The van der Waals surface area contributed by atoms with Crippen molar-refractivity contribution in [1.82, 2.24) is 0 Å². The second-order valence-electron chi connectivity index (χ2n) is 19.8. The number of furan rings is 1. The average Bonchev–Trinajstić information content (AvgIpc) is 4.02. The largest absolute Gasteiger partial charge is 0.452 e. The molecule has 0 saturated carbocycles. The average molecular weight is 1010 g/mol. The summed E-state index contributed by atoms with van der Waals surface area (Å²) in [6.07, 6.45) is 8.93. The van der Waals surface area contributed by atoms with E-state index in [4.69, 9.17) is 4.42 Å². The summed E-state index contributed by atoms with van der Waals surface area (Å²) >= 11 is 0. The number of fused-ring (bicyclic) bond motifs is 3. The van der Waals surface area contributed by atoms with Crippen LogP contribution in [-0.4, -0.2) is 6.04 Å². The summed E-state index contributed by atoms with van der Waals surface area (Å²) in [6.45, 7) is 2.29. The lowest BCUT2D eigenvalue weighted by Crippen LogP contribution is -2.35. The first-order valence-electron chi connectivity index (χ1n) is 26.8. The fraction of sp³-hybridized carbons (Fsp3) is 0.0411. The quantitative estimate of drug-likeness (QED) is 0.108. The summed E-state index contributed by atoms with van der Waals surface area (Å²) in [6, 6.07) is 102. The van der Waals surface area contributed by atoms with E-state index >= 15 is 0 Å². The van der Waals surface area contributed by atoms with Gasteiger partial charge in [0.1, 0.15) is 0 Å². The van der Waals surface area contributed by atoms with E-state index < -0.39 is 0 Å². The van der Waals surface area contributed by atoms with Gasteiger partial charge in [-0.25, -0.2) is 0 Å². The smallest absolute Gasteiger partial charge is 0.159 e. The molecule has 0 amide bonds. The normalized spacial score (nSPS) is 13.9. The van der Waals surface area contributed by atoms with Crippen LogP contribution < -0.4 is 19.6 Å². The molecule has 374 valence electrons. The number of anilines is 11. The van der Waals surface area contributed by atoms with Crippen molar-refractivity contribution in [2.24, 2.45) is 5.92 Å². The van der Waals surface area contributed by atoms with Gasteiger partial charge in [-0.2, -0.15) is 0 Å². The van der Waals surface area contributed by atoms with E-state index in [1.807, 2.05) is 0 Å². The molecule has 2 unspecified atom stereocenters. The highest BCUT2D eigenvalue weighted by molar-refractivity contribution is 6.13. The Balaban J connectivity index is 0.840. The van der Waals surface area contributed by atoms with Gasteiger partial charge in [0.05, 0.1) is 17.4 Å². The third kappa shape index (κ3) is 9.29. The zero-order chi connectivity index (χ0) is 52.2. The third-order valence-corrected chi connectivity index (χ3v) is 14.9. The zero-order valence-corrected chi connectivity index (χ0v) is 43.3. The summed E-state index contributed by atoms with van der Waals surface area (Å²) in [5, 5.41) is 2.13. The SMILES string of the molecule is CC1C=CC=CC1N(c1ccc(-c2ccc(N(c3ccccc3)c3ccccc3)cc2)cc1)c1cccc2c1oc1c(N(c3ccccc3)c3ccc(-c4ccc(N(c5ccccc5)c5ccccc5)cc4)cc3)cccc12. The third-order valence-electron chi connectivity index (χ3n) is 14.9. The van der Waals surface area contributed by atoms with Crippen LogP contribution in [0, 0.1) is 5.92 Å². The number of benzene rings is 11. The molecule has 2 atom stereocenters. The lowest BCUT2D eigenvalue weighted by atomic mass is 9.94. The highest BCUT2D eigenvalue weighted by Crippen LogP contribution is 2.47. The van der Waals surface area contributed by atoms with Gasteiger partial charge in [-0.15, -0.1) is 0 Å². The Labute approximate surface area is 456 Å². The molecular formula is C73H56N4O. The second kappa shape index (κ2) is 21.3. The molecule has 5 nitrogen and oxygen atoms in total. The van der Waals surface area contributed by atoms with E-state index in [2.05, 4.69) is 336 Å². The molecule has 0 radical (unpaired) electrons. The first kappa shape index (κ1) is 47.6. The Morgan fingerprint density at radius 1 is 0.269 bits per heavy atom. The van der Waals surface area contributed by atoms with E-state index in [1.165, 1.54) is 0 Å². The summed E-state index contributed by atoms with van der Waals surface area (Å²) in [5.41, 5.74) is 18.1. The van der Waals surface area contributed by atoms with Gasteiger partial charge in [0, 0.05) is 62.0 Å². The van der Waals surface area contributed by atoms with Crippen LogP contribution in [0.5, 0.6) is 0 Å².